The van der Waals surface area contributed by atoms with Gasteiger partial charge in [0.15, 0.2) is 0 Å². The van der Waals surface area contributed by atoms with Crippen molar-refractivity contribution in [2.45, 2.75) is 36.7 Å². The minimum Gasteiger partial charge on any atom is -0.493 e. The number of nitrogens with one attached hydrogen (secondary N) is 1. The van der Waals surface area contributed by atoms with Gasteiger partial charge in [0.25, 0.3) is 10.0 Å². The highest BCUT2D eigenvalue weighted by atomic mass is 32.2. The van der Waals surface area contributed by atoms with E-state index in [1.807, 2.05) is 30.3 Å². The fourth-order valence-corrected chi connectivity index (χ4v) is 4.48. The van der Waals surface area contributed by atoms with Gasteiger partial charge in [-0.15, -0.1) is 0 Å². The van der Waals surface area contributed by atoms with Crippen molar-refractivity contribution < 1.29 is 28.2 Å². The normalized spacial score (nSPS) is 12.4. The lowest BCUT2D eigenvalue weighted by atomic mass is 10.1. The van der Waals surface area contributed by atoms with E-state index in [2.05, 4.69) is 4.72 Å². The lowest BCUT2D eigenvalue weighted by molar-refractivity contribution is -0.136. The standard InChI is InChI=1S/C27H29NO6S/c29-24(11-7-19-34-26-14-5-4-9-22(26)16-18-27(30)31)17-15-21-8-6-10-23(20-21)28-35(32,33)25-12-2-1-3-13-25/h1-6,8-10,12-15,17,20,24,28-29H,7,11,16,18-19H2,(H,30,31)/b17-15+. The molecule has 0 aliphatic heterocycles. The number of carbonyl (C=O) groups is 1. The second-order valence-electron chi connectivity index (χ2n) is 7.96. The van der Waals surface area contributed by atoms with Crippen LogP contribution in [0.1, 0.15) is 30.4 Å². The van der Waals surface area contributed by atoms with Gasteiger partial charge in [-0.05, 0) is 60.7 Å². The first-order valence-corrected chi connectivity index (χ1v) is 12.8. The van der Waals surface area contributed by atoms with Gasteiger partial charge in [0.2, 0.25) is 0 Å². The smallest absolute Gasteiger partial charge is 0.303 e. The number of aliphatic hydroxyl groups is 1. The largest absolute Gasteiger partial charge is 0.493 e. The molecule has 1 atom stereocenters. The minimum absolute atomic E-state index is 0.0405. The highest BCUT2D eigenvalue weighted by Crippen LogP contribution is 2.21. The lowest BCUT2D eigenvalue weighted by Gasteiger charge is -2.12. The van der Waals surface area contributed by atoms with E-state index in [1.54, 1.807) is 48.6 Å². The van der Waals surface area contributed by atoms with E-state index in [0.717, 1.165) is 11.1 Å². The van der Waals surface area contributed by atoms with Gasteiger partial charge in [-0.25, -0.2) is 8.42 Å². The van der Waals surface area contributed by atoms with E-state index < -0.39 is 22.1 Å². The number of carboxylic acids is 1. The number of aliphatic hydroxyl groups excluding tert-OH is 1. The number of aliphatic carboxylic acids is 1. The molecule has 1 unspecified atom stereocenters. The zero-order valence-electron chi connectivity index (χ0n) is 19.2. The molecule has 7 nitrogen and oxygen atoms in total. The Morgan fingerprint density at radius 1 is 1.00 bits per heavy atom. The number of benzene rings is 3. The molecule has 3 rings (SSSR count). The molecule has 0 aromatic heterocycles. The molecule has 184 valence electrons. The Hall–Kier alpha value is -3.62. The third-order valence-electron chi connectivity index (χ3n) is 5.19. The molecule has 0 aliphatic rings. The van der Waals surface area contributed by atoms with Gasteiger partial charge in [0.1, 0.15) is 5.75 Å². The summed E-state index contributed by atoms with van der Waals surface area (Å²) in [6, 6.07) is 22.4. The van der Waals surface area contributed by atoms with E-state index in [9.17, 15) is 18.3 Å². The summed E-state index contributed by atoms with van der Waals surface area (Å²) in [6.45, 7) is 0.395. The molecule has 0 spiro atoms. The van der Waals surface area contributed by atoms with Crippen molar-refractivity contribution in [2.24, 2.45) is 0 Å². The summed E-state index contributed by atoms with van der Waals surface area (Å²) < 4.78 is 33.4. The second-order valence-corrected chi connectivity index (χ2v) is 9.65. The van der Waals surface area contributed by atoms with Crippen LogP contribution >= 0.6 is 0 Å². The summed E-state index contributed by atoms with van der Waals surface area (Å²) in [7, 11) is -3.68. The first-order chi connectivity index (χ1) is 16.8. The summed E-state index contributed by atoms with van der Waals surface area (Å²) in [5.74, 6) is -0.192. The molecule has 0 bridgehead atoms. The van der Waals surface area contributed by atoms with Crippen molar-refractivity contribution in [3.8, 4) is 5.75 Å². The lowest BCUT2D eigenvalue weighted by Crippen LogP contribution is -2.12. The number of sulfonamides is 1. The van der Waals surface area contributed by atoms with E-state index in [4.69, 9.17) is 9.84 Å². The Morgan fingerprint density at radius 2 is 1.74 bits per heavy atom. The van der Waals surface area contributed by atoms with Gasteiger partial charge in [-0.1, -0.05) is 60.7 Å². The van der Waals surface area contributed by atoms with Crippen molar-refractivity contribution in [3.63, 3.8) is 0 Å². The Balaban J connectivity index is 1.48. The number of hydrogen-bond donors (Lipinski definition) is 3. The van der Waals surface area contributed by atoms with Crippen LogP contribution in [0.2, 0.25) is 0 Å². The van der Waals surface area contributed by atoms with Crippen LogP contribution in [0.3, 0.4) is 0 Å². The average molecular weight is 496 g/mol. The number of rotatable bonds is 13. The molecule has 0 saturated heterocycles. The molecule has 0 saturated carbocycles. The zero-order valence-corrected chi connectivity index (χ0v) is 20.0. The molecule has 8 heteroatoms. The van der Waals surface area contributed by atoms with Crippen LogP contribution in [-0.2, 0) is 21.2 Å². The minimum atomic E-state index is -3.68. The number of carboxylic acid groups (broad SMARTS) is 1. The number of ether oxygens (including phenoxy) is 1. The van der Waals surface area contributed by atoms with Gasteiger partial charge in [0.05, 0.1) is 17.6 Å². The van der Waals surface area contributed by atoms with Gasteiger partial charge in [0, 0.05) is 12.1 Å². The first kappa shape index (κ1) is 26.0. The van der Waals surface area contributed by atoms with Crippen molar-refractivity contribution in [1.29, 1.82) is 0 Å². The Morgan fingerprint density at radius 3 is 2.51 bits per heavy atom. The summed E-state index contributed by atoms with van der Waals surface area (Å²) >= 11 is 0. The van der Waals surface area contributed by atoms with Crippen LogP contribution in [0.25, 0.3) is 6.08 Å². The number of para-hydroxylation sites is 1. The van der Waals surface area contributed by atoms with Gasteiger partial charge in [-0.2, -0.15) is 0 Å². The summed E-state index contributed by atoms with van der Waals surface area (Å²) in [5, 5.41) is 19.2. The van der Waals surface area contributed by atoms with Gasteiger partial charge >= 0.3 is 5.97 Å². The van der Waals surface area contributed by atoms with E-state index >= 15 is 0 Å². The van der Waals surface area contributed by atoms with Crippen LogP contribution in [0, 0.1) is 0 Å². The Kier molecular flexibility index (Phi) is 9.46. The fourth-order valence-electron chi connectivity index (χ4n) is 3.41. The van der Waals surface area contributed by atoms with Crippen LogP contribution in [0.4, 0.5) is 5.69 Å². The molecular weight excluding hydrogens is 466 g/mol. The molecule has 3 N–H and O–H groups in total. The molecular formula is C27H29NO6S. The fraction of sp³-hybridized carbons (Fsp3) is 0.222. The van der Waals surface area contributed by atoms with Crippen LogP contribution < -0.4 is 9.46 Å². The first-order valence-electron chi connectivity index (χ1n) is 11.3. The molecule has 0 amide bonds. The maximum atomic E-state index is 12.5. The number of aryl methyl sites for hydroxylation is 1. The quantitative estimate of drug-likeness (QED) is 0.295. The third-order valence-corrected chi connectivity index (χ3v) is 6.58. The SMILES string of the molecule is O=C(O)CCc1ccccc1OCCCC(O)/C=C/c1cccc(NS(=O)(=O)c2ccccc2)c1. The van der Waals surface area contributed by atoms with Crippen LogP contribution in [0.5, 0.6) is 5.75 Å². The maximum Gasteiger partial charge on any atom is 0.303 e. The van der Waals surface area contributed by atoms with Gasteiger partial charge < -0.3 is 14.9 Å². The highest BCUT2D eigenvalue weighted by molar-refractivity contribution is 7.92. The van der Waals surface area contributed by atoms with Crippen LogP contribution in [0.15, 0.2) is 89.8 Å². The summed E-state index contributed by atoms with van der Waals surface area (Å²) in [5.41, 5.74) is 2.03. The topological polar surface area (TPSA) is 113 Å². The van der Waals surface area contributed by atoms with Crippen molar-refractivity contribution in [2.75, 3.05) is 11.3 Å². The number of hydrogen-bond acceptors (Lipinski definition) is 5. The zero-order chi connectivity index (χ0) is 25.1. The van der Waals surface area contributed by atoms with E-state index in [0.29, 0.717) is 37.3 Å². The van der Waals surface area contributed by atoms with Crippen LogP contribution in [-0.4, -0.2) is 37.3 Å². The Bertz CT molecular complexity index is 1240. The highest BCUT2D eigenvalue weighted by Gasteiger charge is 2.13. The van der Waals surface area contributed by atoms with E-state index in [-0.39, 0.29) is 11.3 Å². The third kappa shape index (κ3) is 8.59. The van der Waals surface area contributed by atoms with Crippen molar-refractivity contribution in [3.05, 3.63) is 96.1 Å². The molecule has 0 fully saturated rings. The van der Waals surface area contributed by atoms with Gasteiger partial charge in [-0.3, -0.25) is 9.52 Å². The Labute approximate surface area is 205 Å². The summed E-state index contributed by atoms with van der Waals surface area (Å²) in [4.78, 5) is 11.0. The van der Waals surface area contributed by atoms with Crippen molar-refractivity contribution in [1.82, 2.24) is 0 Å². The molecule has 3 aromatic carbocycles. The summed E-state index contributed by atoms with van der Waals surface area (Å²) in [6.07, 6.45) is 4.24. The molecule has 3 aromatic rings. The average Bonchev–Trinajstić information content (AvgIpc) is 2.85. The maximum absolute atomic E-state index is 12.5. The molecule has 0 heterocycles. The molecule has 0 aliphatic carbocycles. The van der Waals surface area contributed by atoms with E-state index in [1.165, 1.54) is 12.1 Å². The molecule has 0 radical (unpaired) electrons. The monoisotopic (exact) mass is 495 g/mol. The van der Waals surface area contributed by atoms with Crippen molar-refractivity contribution >= 4 is 27.8 Å². The predicted octanol–water partition coefficient (Wildman–Crippen LogP) is 4.74. The second kappa shape index (κ2) is 12.7. The predicted molar refractivity (Wildman–Crippen MR) is 136 cm³/mol. The number of anilines is 1. The molecule has 35 heavy (non-hydrogen) atoms.